The number of ether oxygens (including phenoxy) is 2. The first-order chi connectivity index (χ1) is 15.1. The van der Waals surface area contributed by atoms with Gasteiger partial charge in [0.05, 0.1) is 26.7 Å². The van der Waals surface area contributed by atoms with Gasteiger partial charge in [0.2, 0.25) is 5.91 Å². The molecule has 4 rings (SSSR count). The molecule has 166 valence electrons. The van der Waals surface area contributed by atoms with Crippen LogP contribution < -0.4 is 9.47 Å². The summed E-state index contributed by atoms with van der Waals surface area (Å²) in [5, 5.41) is 0. The average molecular weight is 423 g/mol. The molecular weight excluding hydrogens is 388 g/mol. The summed E-state index contributed by atoms with van der Waals surface area (Å²) in [6, 6.07) is 14.9. The molecule has 31 heavy (non-hydrogen) atoms. The summed E-state index contributed by atoms with van der Waals surface area (Å²) in [6.45, 7) is 2.28. The van der Waals surface area contributed by atoms with Crippen molar-refractivity contribution in [1.82, 2.24) is 9.80 Å². The fraction of sp³-hybridized carbons (Fsp3) is 0.500. The number of benzene rings is 2. The van der Waals surface area contributed by atoms with E-state index in [0.717, 1.165) is 31.5 Å². The fourth-order valence-electron chi connectivity index (χ4n) is 5.28. The standard InChI is InChI=1S/C26H34N2O3/c1-27(25(29)18-19-13-14-23(30-2)24(17-19)31-3)26-21-11-5-4-9-20(21)10-8-12-22(26)28-15-6-7-16-28/h4-5,9,11,13-14,17,22,26H,6-8,10,12,15-16,18H2,1-3H3. The second kappa shape index (κ2) is 9.73. The molecule has 2 aromatic carbocycles. The summed E-state index contributed by atoms with van der Waals surface area (Å²) < 4.78 is 10.8. The normalized spacial score (nSPS) is 21.3. The average Bonchev–Trinajstić information content (AvgIpc) is 3.26. The molecule has 1 fully saturated rings. The number of likely N-dealkylation sites (tertiary alicyclic amines) is 1. The lowest BCUT2D eigenvalue weighted by Crippen LogP contribution is -2.46. The van der Waals surface area contributed by atoms with E-state index in [-0.39, 0.29) is 11.9 Å². The Morgan fingerprint density at radius 2 is 1.77 bits per heavy atom. The molecule has 5 nitrogen and oxygen atoms in total. The molecule has 0 spiro atoms. The van der Waals surface area contributed by atoms with Gasteiger partial charge in [0.1, 0.15) is 0 Å². The van der Waals surface area contributed by atoms with Gasteiger partial charge < -0.3 is 14.4 Å². The molecule has 2 atom stereocenters. The van der Waals surface area contributed by atoms with Gasteiger partial charge in [-0.3, -0.25) is 9.69 Å². The van der Waals surface area contributed by atoms with Crippen molar-refractivity contribution in [3.63, 3.8) is 0 Å². The van der Waals surface area contributed by atoms with Crippen LogP contribution in [0.3, 0.4) is 0 Å². The summed E-state index contributed by atoms with van der Waals surface area (Å²) in [4.78, 5) is 18.1. The molecule has 1 saturated heterocycles. The number of carbonyl (C=O) groups is 1. The smallest absolute Gasteiger partial charge is 0.227 e. The number of aryl methyl sites for hydroxylation is 1. The molecule has 2 unspecified atom stereocenters. The summed E-state index contributed by atoms with van der Waals surface area (Å²) in [5.74, 6) is 1.47. The van der Waals surface area contributed by atoms with Gasteiger partial charge in [0.15, 0.2) is 11.5 Å². The maximum absolute atomic E-state index is 13.5. The van der Waals surface area contributed by atoms with Gasteiger partial charge in [-0.05, 0) is 74.0 Å². The van der Waals surface area contributed by atoms with Crippen LogP contribution in [0.1, 0.15) is 48.4 Å². The van der Waals surface area contributed by atoms with Gasteiger partial charge in [-0.25, -0.2) is 0 Å². The van der Waals surface area contributed by atoms with Crippen LogP contribution in [0.2, 0.25) is 0 Å². The van der Waals surface area contributed by atoms with E-state index in [1.807, 2.05) is 30.1 Å². The molecule has 0 radical (unpaired) electrons. The molecule has 0 bridgehead atoms. The highest BCUT2D eigenvalue weighted by molar-refractivity contribution is 5.79. The lowest BCUT2D eigenvalue weighted by Gasteiger charge is -2.39. The Bertz CT molecular complexity index is 907. The highest BCUT2D eigenvalue weighted by atomic mass is 16.5. The fourth-order valence-corrected chi connectivity index (χ4v) is 5.28. The number of hydrogen-bond acceptors (Lipinski definition) is 4. The zero-order valence-electron chi connectivity index (χ0n) is 19.0. The second-order valence-electron chi connectivity index (χ2n) is 8.72. The van der Waals surface area contributed by atoms with Crippen LogP contribution in [0.25, 0.3) is 0 Å². The number of nitrogens with zero attached hydrogens (tertiary/aromatic N) is 2. The minimum atomic E-state index is 0.0874. The molecule has 1 aliphatic heterocycles. The molecule has 0 saturated carbocycles. The van der Waals surface area contributed by atoms with Gasteiger partial charge in [0.25, 0.3) is 0 Å². The Balaban J connectivity index is 1.61. The van der Waals surface area contributed by atoms with Crippen LogP contribution >= 0.6 is 0 Å². The molecule has 2 aliphatic rings. The quantitative estimate of drug-likeness (QED) is 0.653. The van der Waals surface area contributed by atoms with Crippen LogP contribution in [0.15, 0.2) is 42.5 Å². The Labute approximate surface area is 185 Å². The number of hydrogen-bond donors (Lipinski definition) is 0. The topological polar surface area (TPSA) is 42.0 Å². The van der Waals surface area contributed by atoms with E-state index in [4.69, 9.17) is 9.47 Å². The largest absolute Gasteiger partial charge is 0.493 e. The van der Waals surface area contributed by atoms with Crippen molar-refractivity contribution in [2.24, 2.45) is 0 Å². The van der Waals surface area contributed by atoms with E-state index in [9.17, 15) is 4.79 Å². The van der Waals surface area contributed by atoms with Gasteiger partial charge in [-0.2, -0.15) is 0 Å². The van der Waals surface area contributed by atoms with E-state index in [1.54, 1.807) is 14.2 Å². The number of methoxy groups -OCH3 is 2. The molecule has 5 heteroatoms. The lowest BCUT2D eigenvalue weighted by atomic mass is 9.93. The van der Waals surface area contributed by atoms with Crippen molar-refractivity contribution in [2.75, 3.05) is 34.4 Å². The third kappa shape index (κ3) is 4.57. The zero-order chi connectivity index (χ0) is 21.8. The van der Waals surface area contributed by atoms with E-state index in [0.29, 0.717) is 24.0 Å². The Hall–Kier alpha value is -2.53. The highest BCUT2D eigenvalue weighted by Crippen LogP contribution is 2.37. The number of amides is 1. The van der Waals surface area contributed by atoms with Gasteiger partial charge >= 0.3 is 0 Å². The Kier molecular flexibility index (Phi) is 6.81. The predicted molar refractivity (Wildman–Crippen MR) is 123 cm³/mol. The second-order valence-corrected chi connectivity index (χ2v) is 8.72. The first-order valence-electron chi connectivity index (χ1n) is 11.4. The minimum Gasteiger partial charge on any atom is -0.493 e. The van der Waals surface area contributed by atoms with Crippen LogP contribution in [0.4, 0.5) is 0 Å². The molecule has 0 N–H and O–H groups in total. The van der Waals surface area contributed by atoms with E-state index >= 15 is 0 Å². The van der Waals surface area contributed by atoms with Crippen molar-refractivity contribution in [1.29, 1.82) is 0 Å². The number of fused-ring (bicyclic) bond motifs is 1. The van der Waals surface area contributed by atoms with Gasteiger partial charge in [-0.15, -0.1) is 0 Å². The summed E-state index contributed by atoms with van der Waals surface area (Å²) in [7, 11) is 5.23. The van der Waals surface area contributed by atoms with Crippen LogP contribution in [-0.2, 0) is 17.6 Å². The lowest BCUT2D eigenvalue weighted by molar-refractivity contribution is -0.132. The number of carbonyl (C=O) groups excluding carboxylic acids is 1. The SMILES string of the molecule is COc1ccc(CC(=O)N(C)C2c3ccccc3CCCC2N2CCCC2)cc1OC. The Morgan fingerprint density at radius 1 is 1.03 bits per heavy atom. The van der Waals surface area contributed by atoms with Crippen molar-refractivity contribution in [3.8, 4) is 11.5 Å². The van der Waals surface area contributed by atoms with Crippen LogP contribution in [0.5, 0.6) is 11.5 Å². The number of rotatable bonds is 6. The van der Waals surface area contributed by atoms with E-state index in [2.05, 4.69) is 29.2 Å². The van der Waals surface area contributed by atoms with Crippen LogP contribution in [-0.4, -0.2) is 56.1 Å². The molecule has 2 aromatic rings. The summed E-state index contributed by atoms with van der Waals surface area (Å²) in [6.07, 6.45) is 6.26. The van der Waals surface area contributed by atoms with Gasteiger partial charge in [0, 0.05) is 13.1 Å². The maximum Gasteiger partial charge on any atom is 0.227 e. The molecule has 0 aromatic heterocycles. The Morgan fingerprint density at radius 3 is 2.52 bits per heavy atom. The van der Waals surface area contributed by atoms with Crippen molar-refractivity contribution in [3.05, 3.63) is 59.2 Å². The van der Waals surface area contributed by atoms with E-state index < -0.39 is 0 Å². The highest BCUT2D eigenvalue weighted by Gasteiger charge is 2.37. The third-order valence-electron chi connectivity index (χ3n) is 6.91. The predicted octanol–water partition coefficient (Wildman–Crippen LogP) is 4.25. The summed E-state index contributed by atoms with van der Waals surface area (Å²) >= 11 is 0. The van der Waals surface area contributed by atoms with Crippen molar-refractivity contribution < 1.29 is 14.3 Å². The number of likely N-dealkylation sites (N-methyl/N-ethyl adjacent to an activating group) is 1. The van der Waals surface area contributed by atoms with Gasteiger partial charge in [-0.1, -0.05) is 30.3 Å². The molecule has 1 amide bonds. The first kappa shape index (κ1) is 21.7. The molecular formula is C26H34N2O3. The van der Waals surface area contributed by atoms with E-state index in [1.165, 1.54) is 30.4 Å². The molecule has 1 aliphatic carbocycles. The monoisotopic (exact) mass is 422 g/mol. The molecule has 1 heterocycles. The zero-order valence-corrected chi connectivity index (χ0v) is 19.0. The summed E-state index contributed by atoms with van der Waals surface area (Å²) in [5.41, 5.74) is 3.65. The van der Waals surface area contributed by atoms with Crippen molar-refractivity contribution in [2.45, 2.75) is 50.6 Å². The third-order valence-corrected chi connectivity index (χ3v) is 6.91. The maximum atomic E-state index is 13.5. The van der Waals surface area contributed by atoms with Crippen molar-refractivity contribution >= 4 is 5.91 Å². The van der Waals surface area contributed by atoms with Crippen LogP contribution in [0, 0.1) is 0 Å². The first-order valence-corrected chi connectivity index (χ1v) is 11.4. The minimum absolute atomic E-state index is 0.0874.